The van der Waals surface area contributed by atoms with Crippen molar-refractivity contribution in [2.24, 2.45) is 16.7 Å². The highest BCUT2D eigenvalue weighted by Gasteiger charge is 2.78. The first kappa shape index (κ1) is 51.9. The summed E-state index contributed by atoms with van der Waals surface area (Å²) >= 11 is 0. The third-order valence-corrected chi connectivity index (χ3v) is 19.9. The summed E-state index contributed by atoms with van der Waals surface area (Å²) in [5.41, 5.74) is -6.26. The highest BCUT2D eigenvalue weighted by molar-refractivity contribution is 6.73. The molecule has 368 valence electrons. The summed E-state index contributed by atoms with van der Waals surface area (Å²) in [7, 11) is 0.167. The predicted molar refractivity (Wildman–Crippen MR) is 249 cm³/mol. The molecule has 2 aromatic rings. The van der Waals surface area contributed by atoms with Gasteiger partial charge in [-0.2, -0.15) is 0 Å². The van der Waals surface area contributed by atoms with Crippen molar-refractivity contribution < 1.29 is 66.7 Å². The van der Waals surface area contributed by atoms with Gasteiger partial charge in [-0.15, -0.1) is 0 Å². The topological polar surface area (TPSA) is 191 Å². The summed E-state index contributed by atoms with van der Waals surface area (Å²) in [4.78, 5) is 72.6. The Bertz CT molecular complexity index is 2180. The average molecular weight is 950 g/mol. The minimum Gasteiger partial charge on any atom is -0.456 e. The van der Waals surface area contributed by atoms with E-state index < -0.39 is 114 Å². The minimum absolute atomic E-state index is 0.137. The lowest BCUT2D eigenvalue weighted by Crippen LogP contribution is -2.82. The lowest BCUT2D eigenvalue weighted by atomic mass is 9.44. The number of esters is 3. The zero-order chi connectivity index (χ0) is 49.5. The molecule has 3 fully saturated rings. The van der Waals surface area contributed by atoms with Crippen molar-refractivity contribution in [2.45, 2.75) is 167 Å². The number of aliphatic hydroxyl groups is 1. The molecule has 2 bridgehead atoms. The van der Waals surface area contributed by atoms with E-state index in [4.69, 9.17) is 37.6 Å². The first-order chi connectivity index (χ1) is 31.4. The van der Waals surface area contributed by atoms with Crippen molar-refractivity contribution in [3.8, 4) is 0 Å². The van der Waals surface area contributed by atoms with Crippen molar-refractivity contribution in [1.29, 1.82) is 0 Å². The second-order valence-electron chi connectivity index (χ2n) is 20.3. The molecule has 2 N–H and O–H groups in total. The van der Waals surface area contributed by atoms with Gasteiger partial charge in [-0.05, 0) is 81.6 Å². The second kappa shape index (κ2) is 19.5. The number of nitrogens with one attached hydrogen (secondary N) is 1. The number of ketones is 1. The van der Waals surface area contributed by atoms with Gasteiger partial charge in [0.15, 0.2) is 25.8 Å². The summed E-state index contributed by atoms with van der Waals surface area (Å²) in [5.74, 6) is -4.08. The highest BCUT2D eigenvalue weighted by Crippen LogP contribution is 2.65. The number of benzene rings is 2. The molecule has 15 nitrogen and oxygen atoms in total. The Kier molecular flexibility index (Phi) is 15.1. The molecule has 1 heterocycles. The van der Waals surface area contributed by atoms with Crippen LogP contribution >= 0.6 is 0 Å². The molecule has 11 atom stereocenters. The van der Waals surface area contributed by atoms with Crippen molar-refractivity contribution in [3.05, 3.63) is 82.9 Å². The fraction of sp³-hybridized carbons (Fsp3) is 0.627. The maximum Gasteiger partial charge on any atom is 0.408 e. The summed E-state index contributed by atoms with van der Waals surface area (Å²) in [6.07, 6.45) is -8.37. The van der Waals surface area contributed by atoms with Crippen LogP contribution in [0.3, 0.4) is 0 Å². The zero-order valence-corrected chi connectivity index (χ0v) is 42.4. The standard InChI is InChI=1S/C51H71NO14Si/c1-14-67(15-2,16-3)66-40(38(32-23-19-17-20-24-32)52-46(57)65-47(6,7)8)45(56)62-34-28-51(58)43(63-44(55)33-25-21-18-22-26-33)41-49(11,42(54)39(60-13)37(30(34)4)48(51,9)10)35(59-12)27-36-50(41,29-61-36)64-31(5)53/h17-26,34-36,38-41,43,58H,14-16,27-29H2,1-13H3,(H,52,57)/t34-,35-,36+,38-,39+,40+,41-,43-,49+,50-,51?/m0/s1. The largest absolute Gasteiger partial charge is 0.456 e. The number of ether oxygens (including phenoxy) is 7. The number of Topliss-reactive ketones (excluding diaryl/α,β-unsaturated/α-hetero) is 1. The summed E-state index contributed by atoms with van der Waals surface area (Å²) in [5, 5.41) is 17.0. The Morgan fingerprint density at radius 3 is 2.01 bits per heavy atom. The Labute approximate surface area is 396 Å². The molecule has 0 aromatic heterocycles. The smallest absolute Gasteiger partial charge is 0.408 e. The number of alkyl carbamates (subject to hydrolysis) is 1. The number of fused-ring (bicyclic) bond motifs is 5. The fourth-order valence-electron chi connectivity index (χ4n) is 11.4. The quantitative estimate of drug-likeness (QED) is 0.0768. The van der Waals surface area contributed by atoms with Crippen LogP contribution < -0.4 is 5.32 Å². The fourth-order valence-corrected chi connectivity index (χ4v) is 14.2. The third-order valence-electron chi connectivity index (χ3n) is 15.3. The molecule has 67 heavy (non-hydrogen) atoms. The van der Waals surface area contributed by atoms with Crippen molar-refractivity contribution >= 4 is 38.1 Å². The number of hydrogen-bond donors (Lipinski definition) is 2. The second-order valence-corrected chi connectivity index (χ2v) is 25.1. The lowest BCUT2D eigenvalue weighted by Gasteiger charge is -2.67. The number of carbonyl (C=O) groups is 5. The van der Waals surface area contributed by atoms with E-state index in [1.165, 1.54) is 21.1 Å². The maximum atomic E-state index is 15.8. The monoisotopic (exact) mass is 949 g/mol. The van der Waals surface area contributed by atoms with Gasteiger partial charge >= 0.3 is 24.0 Å². The Morgan fingerprint density at radius 2 is 1.51 bits per heavy atom. The molecule has 1 saturated heterocycles. The van der Waals surface area contributed by atoms with E-state index in [-0.39, 0.29) is 25.0 Å². The number of amides is 1. The van der Waals surface area contributed by atoms with E-state index in [1.54, 1.807) is 103 Å². The van der Waals surface area contributed by atoms with Gasteiger partial charge in [0.1, 0.15) is 35.6 Å². The lowest BCUT2D eigenvalue weighted by molar-refractivity contribution is -0.347. The van der Waals surface area contributed by atoms with Crippen LogP contribution in [0, 0.1) is 16.7 Å². The first-order valence-corrected chi connectivity index (χ1v) is 26.0. The number of hydrogen-bond acceptors (Lipinski definition) is 14. The summed E-state index contributed by atoms with van der Waals surface area (Å²) < 4.78 is 50.7. The molecule has 6 rings (SSSR count). The van der Waals surface area contributed by atoms with E-state index in [0.717, 1.165) is 0 Å². The zero-order valence-electron chi connectivity index (χ0n) is 41.4. The molecule has 0 spiro atoms. The molecule has 4 aliphatic rings. The molecule has 0 radical (unpaired) electrons. The van der Waals surface area contributed by atoms with E-state index in [9.17, 15) is 19.5 Å². The van der Waals surface area contributed by atoms with Crippen molar-refractivity contribution in [2.75, 3.05) is 20.8 Å². The van der Waals surface area contributed by atoms with Gasteiger partial charge in [0, 0.05) is 39.4 Å². The van der Waals surface area contributed by atoms with Crippen LogP contribution in [0.4, 0.5) is 4.79 Å². The molecule has 16 heteroatoms. The molecule has 1 aliphatic heterocycles. The summed E-state index contributed by atoms with van der Waals surface area (Å²) in [6, 6.07) is 18.1. The van der Waals surface area contributed by atoms with E-state index in [2.05, 4.69) is 5.32 Å². The first-order valence-electron chi connectivity index (χ1n) is 23.5. The van der Waals surface area contributed by atoms with Crippen LogP contribution in [0.5, 0.6) is 0 Å². The van der Waals surface area contributed by atoms with E-state index >= 15 is 9.59 Å². The number of carbonyl (C=O) groups excluding carboxylic acids is 5. The molecule has 2 saturated carbocycles. The van der Waals surface area contributed by atoms with Crippen LogP contribution in [-0.2, 0) is 52.0 Å². The van der Waals surface area contributed by atoms with Gasteiger partial charge in [-0.25, -0.2) is 14.4 Å². The van der Waals surface area contributed by atoms with Gasteiger partial charge in [0.2, 0.25) is 0 Å². The normalized spacial score (nSPS) is 31.0. The molecular weight excluding hydrogens is 879 g/mol. The van der Waals surface area contributed by atoms with E-state index in [1.807, 2.05) is 26.8 Å². The van der Waals surface area contributed by atoms with Crippen molar-refractivity contribution in [3.63, 3.8) is 0 Å². The van der Waals surface area contributed by atoms with Crippen LogP contribution in [0.25, 0.3) is 0 Å². The number of methoxy groups -OCH3 is 2. The SMILES string of the molecule is CC[Si](CC)(CC)O[C@@H](C(=O)O[C@H]1CC2(O)[C@@H](OC(=O)c3ccccc3)[C@@H]3[C@]4(OC(C)=O)CO[C@@H]4C[C@H](OC)[C@@]3(C)C(=O)[C@H](OC)C(=C1C)C2(C)C)[C@@H](NC(=O)OC(C)(C)C)c1ccccc1. The molecule has 1 amide bonds. The molecule has 1 unspecified atom stereocenters. The van der Waals surface area contributed by atoms with Crippen molar-refractivity contribution in [1.82, 2.24) is 5.32 Å². The van der Waals surface area contributed by atoms with E-state index in [0.29, 0.717) is 34.8 Å². The van der Waals surface area contributed by atoms with Gasteiger partial charge in [0.25, 0.3) is 0 Å². The Hall–Kier alpha value is -4.45. The van der Waals surface area contributed by atoms with Gasteiger partial charge in [-0.3, -0.25) is 9.59 Å². The van der Waals surface area contributed by atoms with Crippen LogP contribution in [0.1, 0.15) is 111 Å². The maximum absolute atomic E-state index is 15.8. The highest BCUT2D eigenvalue weighted by atomic mass is 28.4. The van der Waals surface area contributed by atoms with Gasteiger partial charge in [0.05, 0.1) is 35.6 Å². The third kappa shape index (κ3) is 9.26. The molecule has 3 aliphatic carbocycles. The summed E-state index contributed by atoms with van der Waals surface area (Å²) in [6.45, 7) is 19.3. The minimum atomic E-state index is -2.69. The van der Waals surface area contributed by atoms with Gasteiger partial charge < -0.3 is 48.0 Å². The number of rotatable bonds is 15. The molecule has 2 aromatic carbocycles. The predicted octanol–water partition coefficient (Wildman–Crippen LogP) is 7.60. The van der Waals surface area contributed by atoms with Crippen LogP contribution in [0.2, 0.25) is 18.1 Å². The van der Waals surface area contributed by atoms with Crippen LogP contribution in [-0.4, -0.2) is 117 Å². The van der Waals surface area contributed by atoms with Gasteiger partial charge in [-0.1, -0.05) is 83.1 Å². The van der Waals surface area contributed by atoms with Crippen LogP contribution in [0.15, 0.2) is 71.8 Å². The Morgan fingerprint density at radius 1 is 0.910 bits per heavy atom. The Balaban J connectivity index is 1.58. The molecular formula is C51H71NO14Si. The average Bonchev–Trinajstić information content (AvgIpc) is 3.27.